The molecule has 0 radical (unpaired) electrons. The summed E-state index contributed by atoms with van der Waals surface area (Å²) in [5, 5.41) is 3.39. The van der Waals surface area contributed by atoms with Crippen molar-refractivity contribution in [3.05, 3.63) is 71.3 Å². The zero-order chi connectivity index (χ0) is 16.6. The van der Waals surface area contributed by atoms with Crippen molar-refractivity contribution < 1.29 is 4.79 Å². The van der Waals surface area contributed by atoms with Gasteiger partial charge in [0.15, 0.2) is 0 Å². The van der Waals surface area contributed by atoms with Crippen LogP contribution in [0.2, 0.25) is 0 Å². The fourth-order valence-corrected chi connectivity index (χ4v) is 4.44. The van der Waals surface area contributed by atoms with Gasteiger partial charge < -0.3 is 11.1 Å². The van der Waals surface area contributed by atoms with Crippen LogP contribution in [0.25, 0.3) is 0 Å². The molecule has 1 aliphatic heterocycles. The molecule has 3 nitrogen and oxygen atoms in total. The number of nitrogens with two attached hydrogens (primary N) is 1. The van der Waals surface area contributed by atoms with Crippen LogP contribution in [0.5, 0.6) is 0 Å². The molecule has 0 spiro atoms. The number of Topliss-reactive ketones (excluding diaryl/α,β-unsaturated/α-hetero) is 1. The van der Waals surface area contributed by atoms with Crippen molar-refractivity contribution in [2.24, 2.45) is 11.7 Å². The fourth-order valence-electron chi connectivity index (χ4n) is 4.44. The van der Waals surface area contributed by atoms with Crippen molar-refractivity contribution in [2.45, 2.75) is 30.7 Å². The summed E-state index contributed by atoms with van der Waals surface area (Å²) in [7, 11) is 0. The predicted octanol–water partition coefficient (Wildman–Crippen LogP) is 2.75. The third-order valence-electron chi connectivity index (χ3n) is 5.87. The Balaban J connectivity index is 1.57. The van der Waals surface area contributed by atoms with Gasteiger partial charge in [-0.3, -0.25) is 4.79 Å². The van der Waals surface area contributed by atoms with E-state index in [0.29, 0.717) is 12.2 Å². The third kappa shape index (κ3) is 2.48. The largest absolute Gasteiger partial charge is 0.324 e. The molecule has 0 aromatic heterocycles. The lowest BCUT2D eigenvalue weighted by atomic mass is 9.73. The van der Waals surface area contributed by atoms with Gasteiger partial charge in [-0.2, -0.15) is 0 Å². The van der Waals surface area contributed by atoms with Crippen LogP contribution in [-0.4, -0.2) is 18.9 Å². The second-order valence-electron chi connectivity index (χ2n) is 7.19. The van der Waals surface area contributed by atoms with Gasteiger partial charge in [-0.1, -0.05) is 54.6 Å². The monoisotopic (exact) mass is 320 g/mol. The molecule has 1 fully saturated rings. The normalized spacial score (nSPS) is 28.7. The first-order valence-electron chi connectivity index (χ1n) is 8.84. The SMILES string of the molecule is N[C@H]1c2ccccc2C[C@@H]1CC(=O)C1(c2ccccc2)CCNC1. The molecule has 0 amide bonds. The Morgan fingerprint density at radius 1 is 1.12 bits per heavy atom. The predicted molar refractivity (Wildman–Crippen MR) is 95.8 cm³/mol. The van der Waals surface area contributed by atoms with E-state index in [4.69, 9.17) is 5.73 Å². The highest BCUT2D eigenvalue weighted by molar-refractivity contribution is 5.91. The molecule has 2 aromatic rings. The smallest absolute Gasteiger partial charge is 0.145 e. The van der Waals surface area contributed by atoms with E-state index in [1.807, 2.05) is 24.3 Å². The first-order valence-corrected chi connectivity index (χ1v) is 8.84. The van der Waals surface area contributed by atoms with Crippen molar-refractivity contribution in [2.75, 3.05) is 13.1 Å². The molecule has 1 saturated heterocycles. The van der Waals surface area contributed by atoms with Crippen molar-refractivity contribution in [3.63, 3.8) is 0 Å². The van der Waals surface area contributed by atoms with E-state index in [-0.39, 0.29) is 17.4 Å². The molecule has 2 aromatic carbocycles. The molecule has 0 saturated carbocycles. The van der Waals surface area contributed by atoms with Crippen LogP contribution in [0.3, 0.4) is 0 Å². The molecule has 3 atom stereocenters. The summed E-state index contributed by atoms with van der Waals surface area (Å²) >= 11 is 0. The van der Waals surface area contributed by atoms with E-state index in [1.54, 1.807) is 0 Å². The molecule has 4 rings (SSSR count). The van der Waals surface area contributed by atoms with Gasteiger partial charge in [0, 0.05) is 19.0 Å². The fraction of sp³-hybridized carbons (Fsp3) is 0.381. The molecule has 2 aliphatic rings. The lowest BCUT2D eigenvalue weighted by molar-refractivity contribution is -0.125. The summed E-state index contributed by atoms with van der Waals surface area (Å²) in [4.78, 5) is 13.3. The lowest BCUT2D eigenvalue weighted by Gasteiger charge is -2.29. The number of fused-ring (bicyclic) bond motifs is 1. The lowest BCUT2D eigenvalue weighted by Crippen LogP contribution is -2.39. The van der Waals surface area contributed by atoms with E-state index >= 15 is 0 Å². The number of carbonyl (C=O) groups is 1. The van der Waals surface area contributed by atoms with Crippen molar-refractivity contribution in [3.8, 4) is 0 Å². The van der Waals surface area contributed by atoms with Gasteiger partial charge in [0.05, 0.1) is 5.41 Å². The zero-order valence-electron chi connectivity index (χ0n) is 13.9. The minimum atomic E-state index is -0.379. The topological polar surface area (TPSA) is 55.1 Å². The van der Waals surface area contributed by atoms with Crippen LogP contribution in [-0.2, 0) is 16.6 Å². The van der Waals surface area contributed by atoms with Gasteiger partial charge in [-0.25, -0.2) is 0 Å². The summed E-state index contributed by atoms with van der Waals surface area (Å²) in [6.07, 6.45) is 2.36. The average molecular weight is 320 g/mol. The molecule has 1 aliphatic carbocycles. The third-order valence-corrected chi connectivity index (χ3v) is 5.87. The summed E-state index contributed by atoms with van der Waals surface area (Å²) in [6, 6.07) is 18.6. The quantitative estimate of drug-likeness (QED) is 0.911. The standard InChI is InChI=1S/C21H24N2O/c22-20-16(12-15-6-4-5-9-18(15)20)13-19(24)21(10-11-23-14-21)17-7-2-1-3-8-17/h1-9,16,20,23H,10-14,22H2/t16-,20-,21?/m1/s1. The maximum absolute atomic E-state index is 13.3. The van der Waals surface area contributed by atoms with Gasteiger partial charge in [-0.05, 0) is 42.0 Å². The molecular weight excluding hydrogens is 296 g/mol. The number of rotatable bonds is 4. The highest BCUT2D eigenvalue weighted by Gasteiger charge is 2.44. The van der Waals surface area contributed by atoms with Crippen LogP contribution in [0.4, 0.5) is 0 Å². The second kappa shape index (κ2) is 6.15. The van der Waals surface area contributed by atoms with Crippen LogP contribution in [0, 0.1) is 5.92 Å². The first kappa shape index (κ1) is 15.6. The van der Waals surface area contributed by atoms with Crippen molar-refractivity contribution in [1.82, 2.24) is 5.32 Å². The Bertz CT molecular complexity index is 735. The first-order chi connectivity index (χ1) is 11.7. The van der Waals surface area contributed by atoms with E-state index < -0.39 is 0 Å². The Kier molecular flexibility index (Phi) is 3.99. The van der Waals surface area contributed by atoms with Gasteiger partial charge in [0.25, 0.3) is 0 Å². The molecule has 1 unspecified atom stereocenters. The van der Waals surface area contributed by atoms with E-state index in [0.717, 1.165) is 31.5 Å². The van der Waals surface area contributed by atoms with Gasteiger partial charge in [-0.15, -0.1) is 0 Å². The molecule has 3 heteroatoms. The number of carbonyl (C=O) groups excluding carboxylic acids is 1. The summed E-state index contributed by atoms with van der Waals surface area (Å²) in [6.45, 7) is 1.64. The Morgan fingerprint density at radius 3 is 2.58 bits per heavy atom. The van der Waals surface area contributed by atoms with Crippen LogP contribution >= 0.6 is 0 Å². The summed E-state index contributed by atoms with van der Waals surface area (Å²) in [5.41, 5.74) is 9.74. The number of nitrogens with one attached hydrogen (secondary N) is 1. The van der Waals surface area contributed by atoms with Gasteiger partial charge in [0.2, 0.25) is 0 Å². The number of hydrogen-bond acceptors (Lipinski definition) is 3. The highest BCUT2D eigenvalue weighted by atomic mass is 16.1. The number of benzene rings is 2. The maximum atomic E-state index is 13.3. The Morgan fingerprint density at radius 2 is 1.88 bits per heavy atom. The van der Waals surface area contributed by atoms with Crippen LogP contribution in [0.15, 0.2) is 54.6 Å². The van der Waals surface area contributed by atoms with E-state index in [2.05, 4.69) is 35.6 Å². The maximum Gasteiger partial charge on any atom is 0.145 e. The number of ketones is 1. The highest BCUT2D eigenvalue weighted by Crippen LogP contribution is 2.40. The van der Waals surface area contributed by atoms with E-state index in [1.165, 1.54) is 11.1 Å². The second-order valence-corrected chi connectivity index (χ2v) is 7.19. The van der Waals surface area contributed by atoms with Gasteiger partial charge >= 0.3 is 0 Å². The molecule has 1 heterocycles. The Hall–Kier alpha value is -1.97. The van der Waals surface area contributed by atoms with Crippen LogP contribution < -0.4 is 11.1 Å². The van der Waals surface area contributed by atoms with Crippen molar-refractivity contribution in [1.29, 1.82) is 0 Å². The molecule has 124 valence electrons. The minimum Gasteiger partial charge on any atom is -0.324 e. The minimum absolute atomic E-state index is 0.0210. The molecular formula is C21H24N2O. The number of hydrogen-bond donors (Lipinski definition) is 2. The molecule has 0 bridgehead atoms. The molecule has 24 heavy (non-hydrogen) atoms. The average Bonchev–Trinajstić information content (AvgIpc) is 3.23. The summed E-state index contributed by atoms with van der Waals surface area (Å²) < 4.78 is 0. The van der Waals surface area contributed by atoms with E-state index in [9.17, 15) is 4.79 Å². The van der Waals surface area contributed by atoms with Gasteiger partial charge in [0.1, 0.15) is 5.78 Å². The zero-order valence-corrected chi connectivity index (χ0v) is 13.9. The Labute approximate surface area is 143 Å². The summed E-state index contributed by atoms with van der Waals surface area (Å²) in [5.74, 6) is 0.558. The molecule has 3 N–H and O–H groups in total. The van der Waals surface area contributed by atoms with Crippen molar-refractivity contribution >= 4 is 5.78 Å². The van der Waals surface area contributed by atoms with Crippen LogP contribution in [0.1, 0.15) is 35.6 Å².